The van der Waals surface area contributed by atoms with Crippen LogP contribution in [-0.4, -0.2) is 22.2 Å². The highest BCUT2D eigenvalue weighted by molar-refractivity contribution is 5.77. The third kappa shape index (κ3) is 11.8. The third-order valence-electron chi connectivity index (χ3n) is 3.48. The van der Waals surface area contributed by atoms with E-state index in [1.807, 2.05) is 6.08 Å². The average Bonchev–Trinajstić information content (AvgIpc) is 2.39. The van der Waals surface area contributed by atoms with Crippen molar-refractivity contribution in [1.29, 1.82) is 0 Å². The summed E-state index contributed by atoms with van der Waals surface area (Å²) in [5.41, 5.74) is 0. The van der Waals surface area contributed by atoms with E-state index in [4.69, 9.17) is 10.2 Å². The van der Waals surface area contributed by atoms with Crippen molar-refractivity contribution >= 4 is 11.9 Å². The minimum Gasteiger partial charge on any atom is -0.481 e. The van der Waals surface area contributed by atoms with Crippen molar-refractivity contribution in [2.75, 3.05) is 0 Å². The zero-order chi connectivity index (χ0) is 15.2. The van der Waals surface area contributed by atoms with Gasteiger partial charge < -0.3 is 10.2 Å². The smallest absolute Gasteiger partial charge is 0.307 e. The molecule has 116 valence electrons. The van der Waals surface area contributed by atoms with E-state index in [1.165, 1.54) is 32.1 Å². The second kappa shape index (κ2) is 12.7. The molecule has 0 saturated carbocycles. The van der Waals surface area contributed by atoms with Crippen LogP contribution in [0.5, 0.6) is 0 Å². The number of hydrogen-bond donors (Lipinski definition) is 2. The molecule has 0 aromatic carbocycles. The van der Waals surface area contributed by atoms with Crippen LogP contribution in [0, 0.1) is 5.92 Å². The summed E-state index contributed by atoms with van der Waals surface area (Å²) in [5, 5.41) is 17.5. The van der Waals surface area contributed by atoms with Crippen molar-refractivity contribution in [2.45, 2.75) is 70.6 Å². The summed E-state index contributed by atoms with van der Waals surface area (Å²) in [4.78, 5) is 21.4. The van der Waals surface area contributed by atoms with Crippen molar-refractivity contribution in [1.82, 2.24) is 0 Å². The summed E-state index contributed by atoms with van der Waals surface area (Å²) in [6.45, 7) is 3.69. The summed E-state index contributed by atoms with van der Waals surface area (Å²) in [7, 11) is 0. The first-order valence-electron chi connectivity index (χ1n) is 7.63. The SMILES string of the molecule is C=CCCCCCCCCCCC(CC(=O)O)C(=O)O. The largest absolute Gasteiger partial charge is 0.481 e. The van der Waals surface area contributed by atoms with E-state index < -0.39 is 17.9 Å². The molecule has 0 radical (unpaired) electrons. The number of carboxylic acid groups (broad SMARTS) is 2. The summed E-state index contributed by atoms with van der Waals surface area (Å²) in [5.74, 6) is -2.75. The topological polar surface area (TPSA) is 74.6 Å². The van der Waals surface area contributed by atoms with E-state index >= 15 is 0 Å². The number of allylic oxidation sites excluding steroid dienone is 1. The van der Waals surface area contributed by atoms with Crippen LogP contribution in [0.25, 0.3) is 0 Å². The van der Waals surface area contributed by atoms with Crippen molar-refractivity contribution in [3.8, 4) is 0 Å². The maximum Gasteiger partial charge on any atom is 0.307 e. The molecule has 0 fully saturated rings. The fourth-order valence-corrected chi connectivity index (χ4v) is 2.26. The van der Waals surface area contributed by atoms with Gasteiger partial charge in [-0.15, -0.1) is 6.58 Å². The van der Waals surface area contributed by atoms with Gasteiger partial charge in [0.25, 0.3) is 0 Å². The Labute approximate surface area is 121 Å². The highest BCUT2D eigenvalue weighted by Gasteiger charge is 2.19. The summed E-state index contributed by atoms with van der Waals surface area (Å²) < 4.78 is 0. The Morgan fingerprint density at radius 3 is 1.85 bits per heavy atom. The van der Waals surface area contributed by atoms with Crippen LogP contribution in [0.2, 0.25) is 0 Å². The van der Waals surface area contributed by atoms with Crippen LogP contribution in [-0.2, 0) is 9.59 Å². The van der Waals surface area contributed by atoms with Crippen LogP contribution < -0.4 is 0 Å². The Morgan fingerprint density at radius 2 is 1.40 bits per heavy atom. The van der Waals surface area contributed by atoms with Gasteiger partial charge in [0.05, 0.1) is 12.3 Å². The highest BCUT2D eigenvalue weighted by atomic mass is 16.4. The predicted molar refractivity (Wildman–Crippen MR) is 79.7 cm³/mol. The molecule has 2 N–H and O–H groups in total. The fourth-order valence-electron chi connectivity index (χ4n) is 2.26. The molecule has 0 spiro atoms. The molecule has 0 aliphatic heterocycles. The van der Waals surface area contributed by atoms with Crippen molar-refractivity contribution in [3.05, 3.63) is 12.7 Å². The molecule has 0 bridgehead atoms. The van der Waals surface area contributed by atoms with Crippen molar-refractivity contribution in [3.63, 3.8) is 0 Å². The Kier molecular flexibility index (Phi) is 11.9. The van der Waals surface area contributed by atoms with Crippen LogP contribution in [0.1, 0.15) is 70.6 Å². The Morgan fingerprint density at radius 1 is 0.900 bits per heavy atom. The molecule has 0 aromatic rings. The first-order valence-corrected chi connectivity index (χ1v) is 7.63. The lowest BCUT2D eigenvalue weighted by Crippen LogP contribution is -2.17. The van der Waals surface area contributed by atoms with E-state index in [0.717, 1.165) is 25.7 Å². The highest BCUT2D eigenvalue weighted by Crippen LogP contribution is 2.16. The molecule has 20 heavy (non-hydrogen) atoms. The molecular formula is C16H28O4. The number of hydrogen-bond acceptors (Lipinski definition) is 2. The summed E-state index contributed by atoms with van der Waals surface area (Å²) >= 11 is 0. The van der Waals surface area contributed by atoms with Gasteiger partial charge in [0.15, 0.2) is 0 Å². The Balaban J connectivity index is 3.43. The number of carboxylic acids is 2. The first-order chi connectivity index (χ1) is 9.57. The van der Waals surface area contributed by atoms with Gasteiger partial charge in [0.2, 0.25) is 0 Å². The van der Waals surface area contributed by atoms with Gasteiger partial charge in [-0.2, -0.15) is 0 Å². The average molecular weight is 284 g/mol. The van der Waals surface area contributed by atoms with Gasteiger partial charge in [0.1, 0.15) is 0 Å². The standard InChI is InChI=1S/C16H28O4/c1-2-3-4-5-6-7-8-9-10-11-12-14(16(19)20)13-15(17)18/h2,14H,1,3-13H2,(H,17,18)(H,19,20). The van der Waals surface area contributed by atoms with E-state index in [1.54, 1.807) is 0 Å². The first kappa shape index (κ1) is 18.7. The van der Waals surface area contributed by atoms with Gasteiger partial charge >= 0.3 is 11.9 Å². The lowest BCUT2D eigenvalue weighted by Gasteiger charge is -2.09. The molecule has 0 rings (SSSR count). The molecule has 0 aliphatic carbocycles. The molecule has 4 nitrogen and oxygen atoms in total. The third-order valence-corrected chi connectivity index (χ3v) is 3.48. The second-order valence-electron chi connectivity index (χ2n) is 5.33. The minimum atomic E-state index is -1.03. The number of rotatable bonds is 14. The summed E-state index contributed by atoms with van der Waals surface area (Å²) in [6, 6.07) is 0. The van der Waals surface area contributed by atoms with Crippen LogP contribution in [0.4, 0.5) is 0 Å². The maximum absolute atomic E-state index is 10.9. The maximum atomic E-state index is 10.9. The number of aliphatic carboxylic acids is 2. The van der Waals surface area contributed by atoms with E-state index in [9.17, 15) is 9.59 Å². The summed E-state index contributed by atoms with van der Waals surface area (Å²) in [6.07, 6.45) is 12.3. The van der Waals surface area contributed by atoms with Crippen LogP contribution in [0.15, 0.2) is 12.7 Å². The van der Waals surface area contributed by atoms with E-state index in [-0.39, 0.29) is 6.42 Å². The van der Waals surface area contributed by atoms with E-state index in [0.29, 0.717) is 6.42 Å². The molecule has 0 aromatic heterocycles. The molecule has 1 unspecified atom stereocenters. The van der Waals surface area contributed by atoms with Gasteiger partial charge in [-0.05, 0) is 19.3 Å². The predicted octanol–water partition coefficient (Wildman–Crippen LogP) is 4.25. The van der Waals surface area contributed by atoms with Gasteiger partial charge in [0, 0.05) is 0 Å². The molecule has 0 saturated heterocycles. The molecule has 1 atom stereocenters. The zero-order valence-electron chi connectivity index (χ0n) is 12.4. The number of carbonyl (C=O) groups is 2. The zero-order valence-corrected chi connectivity index (χ0v) is 12.4. The minimum absolute atomic E-state index is 0.265. The Bertz CT molecular complexity index is 286. The lowest BCUT2D eigenvalue weighted by molar-refractivity contribution is -0.148. The van der Waals surface area contributed by atoms with Crippen molar-refractivity contribution in [2.24, 2.45) is 5.92 Å². The van der Waals surface area contributed by atoms with Gasteiger partial charge in [-0.3, -0.25) is 9.59 Å². The van der Waals surface area contributed by atoms with Crippen LogP contribution in [0.3, 0.4) is 0 Å². The van der Waals surface area contributed by atoms with E-state index in [2.05, 4.69) is 6.58 Å². The normalized spacial score (nSPS) is 12.0. The monoisotopic (exact) mass is 284 g/mol. The van der Waals surface area contributed by atoms with Gasteiger partial charge in [-0.25, -0.2) is 0 Å². The molecule has 0 heterocycles. The Hall–Kier alpha value is -1.32. The molecule has 0 amide bonds. The molecule has 0 aliphatic rings. The quantitative estimate of drug-likeness (QED) is 0.369. The lowest BCUT2D eigenvalue weighted by atomic mass is 9.97. The van der Waals surface area contributed by atoms with Crippen LogP contribution >= 0.6 is 0 Å². The molecular weight excluding hydrogens is 256 g/mol. The fraction of sp³-hybridized carbons (Fsp3) is 0.750. The van der Waals surface area contributed by atoms with Crippen molar-refractivity contribution < 1.29 is 19.8 Å². The van der Waals surface area contributed by atoms with Gasteiger partial charge in [-0.1, -0.05) is 51.0 Å². The number of unbranched alkanes of at least 4 members (excludes halogenated alkanes) is 8. The molecule has 4 heteroatoms. The second-order valence-corrected chi connectivity index (χ2v) is 5.33.